The molecule has 0 atom stereocenters. The molecule has 0 aliphatic heterocycles. The average Bonchev–Trinajstić information content (AvgIpc) is 2.81. The van der Waals surface area contributed by atoms with Crippen LogP contribution in [0.15, 0.2) is 28.7 Å². The molecule has 1 aliphatic rings. The van der Waals surface area contributed by atoms with Gasteiger partial charge < -0.3 is 10.1 Å². The summed E-state index contributed by atoms with van der Waals surface area (Å²) >= 11 is 3.48. The van der Waals surface area contributed by atoms with E-state index in [-0.39, 0.29) is 5.97 Å². The van der Waals surface area contributed by atoms with Crippen molar-refractivity contribution in [2.45, 2.75) is 31.2 Å². The number of halogens is 1. The largest absolute Gasteiger partial charge is 0.467 e. The lowest BCUT2D eigenvalue weighted by Gasteiger charge is -2.28. The highest BCUT2D eigenvalue weighted by Crippen LogP contribution is 2.36. The van der Waals surface area contributed by atoms with Gasteiger partial charge in [0, 0.05) is 10.2 Å². The second-order valence-corrected chi connectivity index (χ2v) is 5.24. The molecule has 1 N–H and O–H groups in total. The third-order valence-electron chi connectivity index (χ3n) is 3.28. The van der Waals surface area contributed by atoms with Crippen molar-refractivity contribution in [1.82, 2.24) is 0 Å². The van der Waals surface area contributed by atoms with E-state index >= 15 is 0 Å². The molecule has 2 rings (SSSR count). The molecule has 0 bridgehead atoms. The summed E-state index contributed by atoms with van der Waals surface area (Å²) in [5.74, 6) is -0.161. The number of rotatable bonds is 3. The van der Waals surface area contributed by atoms with Gasteiger partial charge in [-0.1, -0.05) is 25.0 Å². The summed E-state index contributed by atoms with van der Waals surface area (Å²) in [4.78, 5) is 12.0. The molecule has 3 nitrogen and oxygen atoms in total. The van der Waals surface area contributed by atoms with Gasteiger partial charge in [-0.15, -0.1) is 0 Å². The quantitative estimate of drug-likeness (QED) is 0.870. The Hall–Kier alpha value is -1.03. The first kappa shape index (κ1) is 12.4. The van der Waals surface area contributed by atoms with Gasteiger partial charge in [0.25, 0.3) is 0 Å². The van der Waals surface area contributed by atoms with Gasteiger partial charge in [0.1, 0.15) is 5.54 Å². The molecule has 1 aliphatic carbocycles. The molecule has 4 heteroatoms. The highest BCUT2D eigenvalue weighted by atomic mass is 79.9. The molecule has 1 saturated carbocycles. The SMILES string of the molecule is COC(=O)C1(Nc2ccccc2Br)CCCC1. The van der Waals surface area contributed by atoms with Gasteiger partial charge in [-0.3, -0.25) is 0 Å². The third-order valence-corrected chi connectivity index (χ3v) is 3.97. The van der Waals surface area contributed by atoms with E-state index < -0.39 is 5.54 Å². The van der Waals surface area contributed by atoms with Gasteiger partial charge in [0.05, 0.1) is 7.11 Å². The maximum Gasteiger partial charge on any atom is 0.331 e. The predicted molar refractivity (Wildman–Crippen MR) is 71.0 cm³/mol. The number of hydrogen-bond acceptors (Lipinski definition) is 3. The zero-order valence-electron chi connectivity index (χ0n) is 9.83. The Morgan fingerprint density at radius 3 is 2.59 bits per heavy atom. The maximum atomic E-state index is 12.0. The average molecular weight is 298 g/mol. The van der Waals surface area contributed by atoms with Crippen LogP contribution in [-0.4, -0.2) is 18.6 Å². The van der Waals surface area contributed by atoms with Crippen LogP contribution in [-0.2, 0) is 9.53 Å². The fourth-order valence-corrected chi connectivity index (χ4v) is 2.76. The first-order valence-corrected chi connectivity index (χ1v) is 6.58. The summed E-state index contributed by atoms with van der Waals surface area (Å²) in [6.45, 7) is 0. The van der Waals surface area contributed by atoms with Crippen LogP contribution in [0.5, 0.6) is 0 Å². The van der Waals surface area contributed by atoms with Gasteiger partial charge in [0.15, 0.2) is 0 Å². The van der Waals surface area contributed by atoms with E-state index in [4.69, 9.17) is 4.74 Å². The second kappa shape index (κ2) is 5.08. The van der Waals surface area contributed by atoms with Gasteiger partial charge in [0.2, 0.25) is 0 Å². The molecule has 0 radical (unpaired) electrons. The van der Waals surface area contributed by atoms with Crippen molar-refractivity contribution >= 4 is 27.6 Å². The standard InChI is InChI=1S/C13H16BrNO2/c1-17-12(16)13(8-4-5-9-13)15-11-7-3-2-6-10(11)14/h2-3,6-7,15H,4-5,8-9H2,1H3. The summed E-state index contributed by atoms with van der Waals surface area (Å²) < 4.78 is 5.90. The number of carbonyl (C=O) groups is 1. The second-order valence-electron chi connectivity index (χ2n) is 4.39. The van der Waals surface area contributed by atoms with E-state index in [1.54, 1.807) is 0 Å². The van der Waals surface area contributed by atoms with E-state index in [0.29, 0.717) is 0 Å². The van der Waals surface area contributed by atoms with Crippen LogP contribution in [0.3, 0.4) is 0 Å². The number of methoxy groups -OCH3 is 1. The van der Waals surface area contributed by atoms with E-state index in [1.165, 1.54) is 7.11 Å². The summed E-state index contributed by atoms with van der Waals surface area (Å²) in [6.07, 6.45) is 3.79. The van der Waals surface area contributed by atoms with E-state index in [1.807, 2.05) is 24.3 Å². The summed E-state index contributed by atoms with van der Waals surface area (Å²) in [5.41, 5.74) is 0.401. The van der Waals surface area contributed by atoms with E-state index in [9.17, 15) is 4.79 Å². The minimum atomic E-state index is -0.543. The monoisotopic (exact) mass is 297 g/mol. The highest BCUT2D eigenvalue weighted by molar-refractivity contribution is 9.10. The van der Waals surface area contributed by atoms with Crippen LogP contribution in [0.2, 0.25) is 0 Å². The molecule has 1 aromatic carbocycles. The van der Waals surface area contributed by atoms with E-state index in [0.717, 1.165) is 35.8 Å². The summed E-state index contributed by atoms with van der Waals surface area (Å²) in [5, 5.41) is 3.35. The highest BCUT2D eigenvalue weighted by Gasteiger charge is 2.42. The molecule has 92 valence electrons. The topological polar surface area (TPSA) is 38.3 Å². The molecule has 17 heavy (non-hydrogen) atoms. The lowest BCUT2D eigenvalue weighted by atomic mass is 9.97. The Morgan fingerprint density at radius 1 is 1.35 bits per heavy atom. The molecule has 0 amide bonds. The number of para-hydroxylation sites is 1. The van der Waals surface area contributed by atoms with Crippen LogP contribution in [0.25, 0.3) is 0 Å². The van der Waals surface area contributed by atoms with Crippen molar-refractivity contribution in [2.75, 3.05) is 12.4 Å². The van der Waals surface area contributed by atoms with Gasteiger partial charge >= 0.3 is 5.97 Å². The Kier molecular flexibility index (Phi) is 3.72. The molecule has 0 unspecified atom stereocenters. The summed E-state index contributed by atoms with van der Waals surface area (Å²) in [6, 6.07) is 7.83. The minimum Gasteiger partial charge on any atom is -0.467 e. The Morgan fingerprint density at radius 2 is 2.00 bits per heavy atom. The molecule has 0 heterocycles. The number of anilines is 1. The third kappa shape index (κ3) is 2.46. The van der Waals surface area contributed by atoms with Crippen molar-refractivity contribution in [1.29, 1.82) is 0 Å². The smallest absolute Gasteiger partial charge is 0.331 e. The molecule has 1 fully saturated rings. The zero-order chi connectivity index (χ0) is 12.3. The maximum absolute atomic E-state index is 12.0. The number of hydrogen-bond donors (Lipinski definition) is 1. The van der Waals surface area contributed by atoms with Gasteiger partial charge in [-0.2, -0.15) is 0 Å². The number of esters is 1. The Balaban J connectivity index is 2.25. The molecule has 0 spiro atoms. The number of benzene rings is 1. The lowest BCUT2D eigenvalue weighted by Crippen LogP contribution is -2.44. The van der Waals surface area contributed by atoms with E-state index in [2.05, 4.69) is 21.2 Å². The van der Waals surface area contributed by atoms with Crippen molar-refractivity contribution in [3.05, 3.63) is 28.7 Å². The van der Waals surface area contributed by atoms with Crippen molar-refractivity contribution < 1.29 is 9.53 Å². The van der Waals surface area contributed by atoms with Crippen LogP contribution in [0.4, 0.5) is 5.69 Å². The van der Waals surface area contributed by atoms with Gasteiger partial charge in [-0.05, 0) is 40.9 Å². The molecular weight excluding hydrogens is 282 g/mol. The molecule has 1 aromatic rings. The molecule has 0 saturated heterocycles. The van der Waals surface area contributed by atoms with Crippen molar-refractivity contribution in [3.63, 3.8) is 0 Å². The number of ether oxygens (including phenoxy) is 1. The zero-order valence-corrected chi connectivity index (χ0v) is 11.4. The van der Waals surface area contributed by atoms with Crippen molar-refractivity contribution in [2.24, 2.45) is 0 Å². The Bertz CT molecular complexity index is 414. The van der Waals surface area contributed by atoms with Crippen LogP contribution < -0.4 is 5.32 Å². The Labute approximate surface area is 110 Å². The van der Waals surface area contributed by atoms with Gasteiger partial charge in [-0.25, -0.2) is 4.79 Å². The fourth-order valence-electron chi connectivity index (χ4n) is 2.37. The van der Waals surface area contributed by atoms with Crippen LogP contribution in [0, 0.1) is 0 Å². The minimum absolute atomic E-state index is 0.161. The molecule has 0 aromatic heterocycles. The van der Waals surface area contributed by atoms with Crippen LogP contribution in [0.1, 0.15) is 25.7 Å². The predicted octanol–water partition coefficient (Wildman–Crippen LogP) is 3.35. The molecular formula is C13H16BrNO2. The van der Waals surface area contributed by atoms with Crippen molar-refractivity contribution in [3.8, 4) is 0 Å². The number of carbonyl (C=O) groups excluding carboxylic acids is 1. The van der Waals surface area contributed by atoms with Crippen LogP contribution >= 0.6 is 15.9 Å². The fraction of sp³-hybridized carbons (Fsp3) is 0.462. The summed E-state index contributed by atoms with van der Waals surface area (Å²) in [7, 11) is 1.45. The first-order chi connectivity index (χ1) is 8.18. The normalized spacial score (nSPS) is 17.8. The first-order valence-electron chi connectivity index (χ1n) is 5.79. The number of nitrogens with one attached hydrogen (secondary N) is 1. The lowest BCUT2D eigenvalue weighted by molar-refractivity contribution is -0.145.